The van der Waals surface area contributed by atoms with Crippen molar-refractivity contribution in [2.24, 2.45) is 10.9 Å². The van der Waals surface area contributed by atoms with Crippen LogP contribution in [-0.2, 0) is 9.47 Å². The molecule has 1 aromatic rings. The summed E-state index contributed by atoms with van der Waals surface area (Å²) >= 11 is 0. The lowest BCUT2D eigenvalue weighted by Crippen LogP contribution is -2.38. The molecular weight excluding hydrogens is 358 g/mol. The molecule has 7 nitrogen and oxygen atoms in total. The van der Waals surface area contributed by atoms with Crippen molar-refractivity contribution in [1.82, 2.24) is 10.6 Å². The van der Waals surface area contributed by atoms with Crippen LogP contribution in [0.4, 0.5) is 0 Å². The third-order valence-electron chi connectivity index (χ3n) is 4.38. The Bertz CT molecular complexity index is 545. The minimum atomic E-state index is 0.576. The van der Waals surface area contributed by atoms with Crippen molar-refractivity contribution in [3.63, 3.8) is 0 Å². The van der Waals surface area contributed by atoms with Gasteiger partial charge in [0.2, 0.25) is 0 Å². The molecule has 0 radical (unpaired) electrons. The third-order valence-corrected chi connectivity index (χ3v) is 4.38. The van der Waals surface area contributed by atoms with E-state index in [0.29, 0.717) is 19.1 Å². The van der Waals surface area contributed by atoms with Crippen LogP contribution in [0.1, 0.15) is 26.2 Å². The number of methoxy groups -OCH3 is 1. The second kappa shape index (κ2) is 14.1. The number of aliphatic imine (C=N–C) groups is 1. The van der Waals surface area contributed by atoms with Gasteiger partial charge in [-0.3, -0.25) is 4.99 Å². The summed E-state index contributed by atoms with van der Waals surface area (Å²) in [5.41, 5.74) is 0. The van der Waals surface area contributed by atoms with E-state index < -0.39 is 0 Å². The lowest BCUT2D eigenvalue weighted by Gasteiger charge is -2.12. The topological polar surface area (TPSA) is 73.3 Å². The average Bonchev–Trinajstić information content (AvgIpc) is 3.24. The molecule has 0 aromatic heterocycles. The molecule has 2 rings (SSSR count). The molecule has 1 aliphatic rings. The minimum absolute atomic E-state index is 0.576. The smallest absolute Gasteiger partial charge is 0.191 e. The van der Waals surface area contributed by atoms with Crippen LogP contribution in [0.2, 0.25) is 0 Å². The molecule has 1 saturated heterocycles. The molecule has 28 heavy (non-hydrogen) atoms. The van der Waals surface area contributed by atoms with Crippen molar-refractivity contribution < 1.29 is 18.9 Å². The van der Waals surface area contributed by atoms with Gasteiger partial charge in [-0.1, -0.05) is 0 Å². The fraction of sp³-hybridized carbons (Fsp3) is 0.667. The predicted octanol–water partition coefficient (Wildman–Crippen LogP) is 2.46. The van der Waals surface area contributed by atoms with E-state index in [4.69, 9.17) is 18.9 Å². The minimum Gasteiger partial charge on any atom is -0.497 e. The normalized spacial score (nSPS) is 16.8. The van der Waals surface area contributed by atoms with E-state index in [1.54, 1.807) is 7.11 Å². The van der Waals surface area contributed by atoms with Gasteiger partial charge in [0.1, 0.15) is 11.5 Å². The molecule has 2 N–H and O–H groups in total. The van der Waals surface area contributed by atoms with Crippen LogP contribution in [0.15, 0.2) is 29.3 Å². The van der Waals surface area contributed by atoms with Gasteiger partial charge < -0.3 is 29.6 Å². The highest BCUT2D eigenvalue weighted by Gasteiger charge is 2.15. The molecule has 0 amide bonds. The quantitative estimate of drug-likeness (QED) is 0.305. The van der Waals surface area contributed by atoms with Crippen LogP contribution in [0.3, 0.4) is 0 Å². The zero-order valence-electron chi connectivity index (χ0n) is 17.2. The number of nitrogens with zero attached hydrogens (tertiary/aromatic N) is 1. The molecule has 1 aliphatic heterocycles. The molecule has 1 unspecified atom stereocenters. The Morgan fingerprint density at radius 1 is 1.14 bits per heavy atom. The van der Waals surface area contributed by atoms with E-state index in [9.17, 15) is 0 Å². The number of nitrogens with one attached hydrogen (secondary N) is 2. The van der Waals surface area contributed by atoms with Crippen LogP contribution in [0.25, 0.3) is 0 Å². The third kappa shape index (κ3) is 9.28. The van der Waals surface area contributed by atoms with Crippen molar-refractivity contribution in [3.05, 3.63) is 24.3 Å². The monoisotopic (exact) mass is 393 g/mol. The number of benzene rings is 1. The summed E-state index contributed by atoms with van der Waals surface area (Å²) in [4.78, 5) is 4.59. The van der Waals surface area contributed by atoms with Gasteiger partial charge in [-0.15, -0.1) is 0 Å². The zero-order chi connectivity index (χ0) is 19.9. The zero-order valence-corrected chi connectivity index (χ0v) is 17.2. The molecule has 0 spiro atoms. The average molecular weight is 394 g/mol. The SMILES string of the molecule is CCNC(=NCCCOc1ccc(OC)cc1)NCCCOCC1CCOC1. The van der Waals surface area contributed by atoms with Crippen molar-refractivity contribution in [1.29, 1.82) is 0 Å². The van der Waals surface area contributed by atoms with Gasteiger partial charge in [0, 0.05) is 45.2 Å². The molecule has 7 heteroatoms. The number of rotatable bonds is 13. The van der Waals surface area contributed by atoms with E-state index in [1.165, 1.54) is 0 Å². The van der Waals surface area contributed by atoms with E-state index in [-0.39, 0.29) is 0 Å². The van der Waals surface area contributed by atoms with Gasteiger partial charge in [0.15, 0.2) is 5.96 Å². The van der Waals surface area contributed by atoms with E-state index in [1.807, 2.05) is 24.3 Å². The largest absolute Gasteiger partial charge is 0.497 e. The van der Waals surface area contributed by atoms with Crippen molar-refractivity contribution in [3.8, 4) is 11.5 Å². The maximum Gasteiger partial charge on any atom is 0.191 e. The molecular formula is C21H35N3O4. The summed E-state index contributed by atoms with van der Waals surface area (Å²) in [5.74, 6) is 3.10. The molecule has 1 fully saturated rings. The Morgan fingerprint density at radius 2 is 1.96 bits per heavy atom. The highest BCUT2D eigenvalue weighted by Crippen LogP contribution is 2.17. The van der Waals surface area contributed by atoms with E-state index in [2.05, 4.69) is 22.5 Å². The van der Waals surface area contributed by atoms with Gasteiger partial charge in [0.05, 0.1) is 26.9 Å². The second-order valence-electron chi connectivity index (χ2n) is 6.72. The van der Waals surface area contributed by atoms with Gasteiger partial charge in [-0.25, -0.2) is 0 Å². The molecule has 0 bridgehead atoms. The molecule has 1 heterocycles. The lowest BCUT2D eigenvalue weighted by molar-refractivity contribution is 0.0888. The highest BCUT2D eigenvalue weighted by atomic mass is 16.5. The molecule has 1 aromatic carbocycles. The number of hydrogen-bond acceptors (Lipinski definition) is 5. The van der Waals surface area contributed by atoms with Crippen molar-refractivity contribution in [2.75, 3.05) is 59.8 Å². The first-order valence-electron chi connectivity index (χ1n) is 10.3. The summed E-state index contributed by atoms with van der Waals surface area (Å²) < 4.78 is 21.9. The van der Waals surface area contributed by atoms with Crippen molar-refractivity contribution >= 4 is 5.96 Å². The number of hydrogen-bond donors (Lipinski definition) is 2. The maximum absolute atomic E-state index is 5.72. The summed E-state index contributed by atoms with van der Waals surface area (Å²) in [6, 6.07) is 7.61. The highest BCUT2D eigenvalue weighted by molar-refractivity contribution is 5.79. The Kier molecular flexibility index (Phi) is 11.2. The summed E-state index contributed by atoms with van der Waals surface area (Å²) in [5, 5.41) is 6.62. The Morgan fingerprint density at radius 3 is 2.68 bits per heavy atom. The Hall–Kier alpha value is -1.99. The van der Waals surface area contributed by atoms with Crippen LogP contribution in [0.5, 0.6) is 11.5 Å². The molecule has 0 aliphatic carbocycles. The van der Waals surface area contributed by atoms with Crippen molar-refractivity contribution in [2.45, 2.75) is 26.2 Å². The van der Waals surface area contributed by atoms with Crippen LogP contribution >= 0.6 is 0 Å². The predicted molar refractivity (Wildman–Crippen MR) is 111 cm³/mol. The standard InChI is InChI=1S/C21H35N3O4/c1-3-22-21(23-11-4-13-26-16-18-10-15-27-17-18)24-12-5-14-28-20-8-6-19(25-2)7-9-20/h6-9,18H,3-5,10-17H2,1-2H3,(H2,22,23,24). The first kappa shape index (κ1) is 22.3. The van der Waals surface area contributed by atoms with Crippen LogP contribution in [-0.4, -0.2) is 65.7 Å². The fourth-order valence-corrected chi connectivity index (χ4v) is 2.80. The summed E-state index contributed by atoms with van der Waals surface area (Å²) in [7, 11) is 1.66. The number of ether oxygens (including phenoxy) is 4. The maximum atomic E-state index is 5.72. The first-order chi connectivity index (χ1) is 13.8. The second-order valence-corrected chi connectivity index (χ2v) is 6.72. The summed E-state index contributed by atoms with van der Waals surface area (Å²) in [6.45, 7) is 8.39. The summed E-state index contributed by atoms with van der Waals surface area (Å²) in [6.07, 6.45) is 2.94. The van der Waals surface area contributed by atoms with Gasteiger partial charge in [-0.2, -0.15) is 0 Å². The van der Waals surface area contributed by atoms with E-state index >= 15 is 0 Å². The van der Waals surface area contributed by atoms with E-state index in [0.717, 1.165) is 76.2 Å². The first-order valence-corrected chi connectivity index (χ1v) is 10.3. The fourth-order valence-electron chi connectivity index (χ4n) is 2.80. The van der Waals surface area contributed by atoms with Crippen LogP contribution < -0.4 is 20.1 Å². The Balaban J connectivity index is 1.53. The Labute approximate surface area is 168 Å². The van der Waals surface area contributed by atoms with Gasteiger partial charge in [-0.05, 0) is 44.0 Å². The number of guanidine groups is 1. The van der Waals surface area contributed by atoms with Gasteiger partial charge in [0.25, 0.3) is 0 Å². The lowest BCUT2D eigenvalue weighted by atomic mass is 10.1. The molecule has 1 atom stereocenters. The van der Waals surface area contributed by atoms with Gasteiger partial charge >= 0.3 is 0 Å². The molecule has 0 saturated carbocycles. The van der Waals surface area contributed by atoms with Crippen LogP contribution in [0, 0.1) is 5.92 Å². The molecule has 158 valence electrons.